The number of hydrogen-bond acceptors (Lipinski definition) is 2. The fourth-order valence-electron chi connectivity index (χ4n) is 1.72. The van der Waals surface area contributed by atoms with Gasteiger partial charge in [0.2, 0.25) is 5.91 Å². The molecule has 1 saturated heterocycles. The molecule has 1 N–H and O–H groups in total. The first-order valence-electron chi connectivity index (χ1n) is 4.69. The van der Waals surface area contributed by atoms with Crippen LogP contribution < -0.4 is 5.32 Å². The summed E-state index contributed by atoms with van der Waals surface area (Å²) in [5, 5.41) is 2.89. The maximum atomic E-state index is 11.5. The van der Waals surface area contributed by atoms with Crippen LogP contribution in [0.1, 0.15) is 26.2 Å². The number of hydrogen-bond donors (Lipinski definition) is 1. The van der Waals surface area contributed by atoms with Crippen LogP contribution >= 0.6 is 0 Å². The molecule has 0 unspecified atom stereocenters. The summed E-state index contributed by atoms with van der Waals surface area (Å²) in [5.74, 6) is 0.240. The quantitative estimate of drug-likeness (QED) is 0.658. The number of nitrogens with zero attached hydrogens (tertiary/aromatic N) is 1. The molecule has 0 aliphatic carbocycles. The summed E-state index contributed by atoms with van der Waals surface area (Å²) in [5.41, 5.74) is 0. The predicted molar refractivity (Wildman–Crippen MR) is 49.0 cm³/mol. The van der Waals surface area contributed by atoms with Crippen LogP contribution in [0.2, 0.25) is 0 Å². The second kappa shape index (κ2) is 4.45. The van der Waals surface area contributed by atoms with Crippen LogP contribution in [-0.2, 0) is 4.79 Å². The van der Waals surface area contributed by atoms with Gasteiger partial charge in [0.1, 0.15) is 0 Å². The van der Waals surface area contributed by atoms with Gasteiger partial charge in [-0.25, -0.2) is 0 Å². The number of piperidine rings is 1. The summed E-state index contributed by atoms with van der Waals surface area (Å²) in [4.78, 5) is 13.5. The maximum Gasteiger partial charge on any atom is 0.236 e. The summed E-state index contributed by atoms with van der Waals surface area (Å²) >= 11 is 0. The molecule has 12 heavy (non-hydrogen) atoms. The van der Waals surface area contributed by atoms with Gasteiger partial charge in [0, 0.05) is 12.6 Å². The van der Waals surface area contributed by atoms with Crippen molar-refractivity contribution in [3.63, 3.8) is 0 Å². The van der Waals surface area contributed by atoms with E-state index in [-0.39, 0.29) is 5.91 Å². The second-order valence-corrected chi connectivity index (χ2v) is 3.46. The Balaban J connectivity index is 2.42. The van der Waals surface area contributed by atoms with Gasteiger partial charge in [0.15, 0.2) is 0 Å². The average molecular weight is 170 g/mol. The van der Waals surface area contributed by atoms with Gasteiger partial charge in [-0.15, -0.1) is 0 Å². The molecule has 1 rings (SSSR count). The maximum absolute atomic E-state index is 11.5. The first-order valence-corrected chi connectivity index (χ1v) is 4.69. The molecule has 0 spiro atoms. The highest BCUT2D eigenvalue weighted by Gasteiger charge is 2.21. The first kappa shape index (κ1) is 9.52. The Bertz CT molecular complexity index is 159. The van der Waals surface area contributed by atoms with Crippen molar-refractivity contribution >= 4 is 5.91 Å². The summed E-state index contributed by atoms with van der Waals surface area (Å²) in [6, 6.07) is 0.444. The molecule has 3 nitrogen and oxygen atoms in total. The lowest BCUT2D eigenvalue weighted by Gasteiger charge is -2.33. The second-order valence-electron chi connectivity index (χ2n) is 3.46. The van der Waals surface area contributed by atoms with E-state index in [9.17, 15) is 4.79 Å². The lowest BCUT2D eigenvalue weighted by Crippen LogP contribution is -2.45. The Labute approximate surface area is 74.1 Å². The third kappa shape index (κ3) is 2.21. The van der Waals surface area contributed by atoms with E-state index >= 15 is 0 Å². The van der Waals surface area contributed by atoms with Crippen molar-refractivity contribution < 1.29 is 4.79 Å². The molecule has 0 bridgehead atoms. The van der Waals surface area contributed by atoms with Crippen molar-refractivity contribution in [3.05, 3.63) is 0 Å². The van der Waals surface area contributed by atoms with E-state index in [1.165, 1.54) is 12.8 Å². The van der Waals surface area contributed by atoms with E-state index < -0.39 is 0 Å². The standard InChI is InChI=1S/C9H18N2O/c1-8-5-3-4-6-11(8)9(12)7-10-2/h8,10H,3-7H2,1-2H3/t8-/m1/s1. The molecule has 0 aromatic rings. The van der Waals surface area contributed by atoms with Crippen LogP contribution in [0.5, 0.6) is 0 Å². The van der Waals surface area contributed by atoms with E-state index in [0.29, 0.717) is 12.6 Å². The molecule has 1 atom stereocenters. The van der Waals surface area contributed by atoms with E-state index in [1.54, 1.807) is 0 Å². The van der Waals surface area contributed by atoms with Gasteiger partial charge < -0.3 is 10.2 Å². The zero-order valence-electron chi connectivity index (χ0n) is 7.97. The van der Waals surface area contributed by atoms with E-state index in [4.69, 9.17) is 0 Å². The monoisotopic (exact) mass is 170 g/mol. The van der Waals surface area contributed by atoms with Crippen molar-refractivity contribution in [1.29, 1.82) is 0 Å². The average Bonchev–Trinajstić information content (AvgIpc) is 2.05. The lowest BCUT2D eigenvalue weighted by molar-refractivity contribution is -0.133. The Morgan fingerprint density at radius 2 is 2.33 bits per heavy atom. The largest absolute Gasteiger partial charge is 0.339 e. The van der Waals surface area contributed by atoms with Gasteiger partial charge in [-0.1, -0.05) is 0 Å². The third-order valence-electron chi connectivity index (χ3n) is 2.45. The zero-order chi connectivity index (χ0) is 8.97. The minimum Gasteiger partial charge on any atom is -0.339 e. The molecule has 1 heterocycles. The van der Waals surface area contributed by atoms with Crippen molar-refractivity contribution in [1.82, 2.24) is 10.2 Å². The molecule has 0 aromatic heterocycles. The van der Waals surface area contributed by atoms with Gasteiger partial charge >= 0.3 is 0 Å². The smallest absolute Gasteiger partial charge is 0.236 e. The van der Waals surface area contributed by atoms with Crippen LogP contribution in [-0.4, -0.2) is 37.0 Å². The molecular formula is C9H18N2O. The van der Waals surface area contributed by atoms with Crippen LogP contribution in [0, 0.1) is 0 Å². The van der Waals surface area contributed by atoms with Gasteiger partial charge in [0.25, 0.3) is 0 Å². The third-order valence-corrected chi connectivity index (χ3v) is 2.45. The van der Waals surface area contributed by atoms with Crippen molar-refractivity contribution in [2.24, 2.45) is 0 Å². The van der Waals surface area contributed by atoms with E-state index in [2.05, 4.69) is 12.2 Å². The molecule has 3 heteroatoms. The number of carbonyl (C=O) groups excluding carboxylic acids is 1. The molecule has 0 saturated carbocycles. The van der Waals surface area contributed by atoms with Gasteiger partial charge in [-0.05, 0) is 33.2 Å². The number of likely N-dealkylation sites (tertiary alicyclic amines) is 1. The Hall–Kier alpha value is -0.570. The van der Waals surface area contributed by atoms with Crippen molar-refractivity contribution in [2.75, 3.05) is 20.1 Å². The summed E-state index contributed by atoms with van der Waals surface area (Å²) in [6.45, 7) is 3.55. The van der Waals surface area contributed by atoms with Crippen LogP contribution in [0.3, 0.4) is 0 Å². The van der Waals surface area contributed by atoms with Crippen molar-refractivity contribution in [3.8, 4) is 0 Å². The summed E-state index contributed by atoms with van der Waals surface area (Å²) < 4.78 is 0. The number of rotatable bonds is 2. The number of likely N-dealkylation sites (N-methyl/N-ethyl adjacent to an activating group) is 1. The van der Waals surface area contributed by atoms with Crippen LogP contribution in [0.4, 0.5) is 0 Å². The number of amides is 1. The Morgan fingerprint density at radius 1 is 1.58 bits per heavy atom. The molecular weight excluding hydrogens is 152 g/mol. The summed E-state index contributed by atoms with van der Waals surface area (Å²) in [7, 11) is 1.81. The van der Waals surface area contributed by atoms with Gasteiger partial charge in [-0.2, -0.15) is 0 Å². The van der Waals surface area contributed by atoms with Gasteiger partial charge in [0.05, 0.1) is 6.54 Å². The predicted octanol–water partition coefficient (Wildman–Crippen LogP) is 0.607. The molecule has 0 aromatic carbocycles. The SMILES string of the molecule is CNCC(=O)N1CCCC[C@H]1C. The topological polar surface area (TPSA) is 32.3 Å². The zero-order valence-corrected chi connectivity index (χ0v) is 7.97. The molecule has 0 radical (unpaired) electrons. The first-order chi connectivity index (χ1) is 5.75. The molecule has 1 aliphatic rings. The summed E-state index contributed by atoms with van der Waals surface area (Å²) in [6.07, 6.45) is 3.60. The number of nitrogens with one attached hydrogen (secondary N) is 1. The Kier molecular flexibility index (Phi) is 3.53. The lowest BCUT2D eigenvalue weighted by atomic mass is 10.0. The van der Waals surface area contributed by atoms with Crippen molar-refractivity contribution in [2.45, 2.75) is 32.2 Å². The molecule has 70 valence electrons. The highest BCUT2D eigenvalue weighted by atomic mass is 16.2. The molecule has 1 amide bonds. The molecule has 1 aliphatic heterocycles. The fraction of sp³-hybridized carbons (Fsp3) is 0.889. The fourth-order valence-corrected chi connectivity index (χ4v) is 1.72. The normalized spacial score (nSPS) is 24.2. The van der Waals surface area contributed by atoms with Crippen LogP contribution in [0.25, 0.3) is 0 Å². The van der Waals surface area contributed by atoms with Crippen LogP contribution in [0.15, 0.2) is 0 Å². The minimum atomic E-state index is 0.240. The molecule has 1 fully saturated rings. The Morgan fingerprint density at radius 3 is 2.92 bits per heavy atom. The van der Waals surface area contributed by atoms with Gasteiger partial charge in [-0.3, -0.25) is 4.79 Å². The van der Waals surface area contributed by atoms with E-state index in [1.807, 2.05) is 11.9 Å². The van der Waals surface area contributed by atoms with E-state index in [0.717, 1.165) is 13.0 Å². The minimum absolute atomic E-state index is 0.240. The highest BCUT2D eigenvalue weighted by Crippen LogP contribution is 2.15. The highest BCUT2D eigenvalue weighted by molar-refractivity contribution is 5.78. The number of carbonyl (C=O) groups is 1.